The van der Waals surface area contributed by atoms with E-state index in [-0.39, 0.29) is 11.2 Å². The highest BCUT2D eigenvalue weighted by molar-refractivity contribution is 8.04. The summed E-state index contributed by atoms with van der Waals surface area (Å²) in [6, 6.07) is 0. The highest BCUT2D eigenvalue weighted by Crippen LogP contribution is 2.67. The first-order valence-electron chi connectivity index (χ1n) is 16.8. The van der Waals surface area contributed by atoms with Gasteiger partial charge in [0.15, 0.2) is 0 Å². The van der Waals surface area contributed by atoms with Gasteiger partial charge >= 0.3 is 0 Å². The van der Waals surface area contributed by atoms with Crippen molar-refractivity contribution in [1.82, 2.24) is 0 Å². The predicted octanol–water partition coefficient (Wildman–Crippen LogP) is 11.4. The summed E-state index contributed by atoms with van der Waals surface area (Å²) in [5, 5.41) is 0.627. The molecule has 0 saturated heterocycles. The van der Waals surface area contributed by atoms with Crippen molar-refractivity contribution in [3.8, 4) is 0 Å². The first-order valence-corrected chi connectivity index (χ1v) is 17.6. The van der Waals surface area contributed by atoms with Crippen molar-refractivity contribution >= 4 is 11.8 Å². The Hall–Kier alpha value is -1.80. The number of thioether (sulfide) groups is 1. The molecule has 2 heteroatoms. The molecule has 0 nitrogen and oxygen atoms in total. The maximum Gasteiger partial charge on any atom is 0.0966 e. The van der Waals surface area contributed by atoms with Crippen LogP contribution in [0.25, 0.3) is 0 Å². The number of halogens is 1. The topological polar surface area (TPSA) is 0 Å². The van der Waals surface area contributed by atoms with E-state index >= 15 is 4.39 Å². The summed E-state index contributed by atoms with van der Waals surface area (Å²) in [6.07, 6.45) is 31.9. The van der Waals surface area contributed by atoms with Gasteiger partial charge in [-0.25, -0.2) is 4.39 Å². The SMILES string of the molecule is CC(C)(C)C1C=C(C2=CC=CCC2)C(CC23CCC(F)=CC2C2=C(C3)C3=C(CC[C@@H]4C5=C(CCC=C5)SC34)C2)CC1. The van der Waals surface area contributed by atoms with Crippen LogP contribution in [-0.2, 0) is 0 Å². The maximum absolute atomic E-state index is 15.1. The molecule has 0 spiro atoms. The van der Waals surface area contributed by atoms with E-state index in [2.05, 4.69) is 75.1 Å². The monoisotopic (exact) mass is 566 g/mol. The molecular formula is C39H47FS. The molecule has 8 aliphatic rings. The Morgan fingerprint density at radius 1 is 1.00 bits per heavy atom. The van der Waals surface area contributed by atoms with Crippen LogP contribution in [0.3, 0.4) is 0 Å². The lowest BCUT2D eigenvalue weighted by Crippen LogP contribution is -2.35. The summed E-state index contributed by atoms with van der Waals surface area (Å²) in [7, 11) is 0. The lowest BCUT2D eigenvalue weighted by atomic mass is 9.59. The second kappa shape index (κ2) is 9.87. The first-order chi connectivity index (χ1) is 19.8. The van der Waals surface area contributed by atoms with E-state index in [1.807, 2.05) is 0 Å². The van der Waals surface area contributed by atoms with Gasteiger partial charge in [-0.05, 0) is 145 Å². The number of fused-ring (bicyclic) bond motifs is 6. The van der Waals surface area contributed by atoms with Crippen molar-refractivity contribution in [3.63, 3.8) is 0 Å². The molecule has 0 saturated carbocycles. The fourth-order valence-corrected chi connectivity index (χ4v) is 12.0. The maximum atomic E-state index is 15.1. The molecule has 216 valence electrons. The molecule has 6 atom stereocenters. The van der Waals surface area contributed by atoms with E-state index in [1.54, 1.807) is 43.9 Å². The molecule has 41 heavy (non-hydrogen) atoms. The summed E-state index contributed by atoms with van der Waals surface area (Å²) in [5.74, 6) is 2.42. The van der Waals surface area contributed by atoms with Crippen LogP contribution >= 0.6 is 11.8 Å². The molecule has 1 heterocycles. The number of allylic oxidation sites excluding steroid dienone is 15. The van der Waals surface area contributed by atoms with Crippen LogP contribution in [0.1, 0.15) is 104 Å². The van der Waals surface area contributed by atoms with Crippen LogP contribution in [0.2, 0.25) is 0 Å². The van der Waals surface area contributed by atoms with Crippen LogP contribution in [0, 0.1) is 34.5 Å². The first kappa shape index (κ1) is 26.8. The zero-order valence-electron chi connectivity index (χ0n) is 25.4. The van der Waals surface area contributed by atoms with E-state index in [9.17, 15) is 0 Å². The fourth-order valence-electron chi connectivity index (χ4n) is 10.2. The molecule has 0 N–H and O–H groups in total. The smallest absolute Gasteiger partial charge is 0.0966 e. The minimum absolute atomic E-state index is 0.159. The van der Waals surface area contributed by atoms with Gasteiger partial charge in [-0.15, -0.1) is 11.8 Å². The van der Waals surface area contributed by atoms with Gasteiger partial charge in [-0.1, -0.05) is 68.4 Å². The number of hydrogen-bond acceptors (Lipinski definition) is 1. The largest absolute Gasteiger partial charge is 0.212 e. The minimum atomic E-state index is 0.159. The molecule has 0 radical (unpaired) electrons. The van der Waals surface area contributed by atoms with Crippen molar-refractivity contribution in [2.24, 2.45) is 34.5 Å². The second-order valence-electron chi connectivity index (χ2n) is 15.6. The highest BCUT2D eigenvalue weighted by Gasteiger charge is 2.55. The molecule has 7 aliphatic carbocycles. The van der Waals surface area contributed by atoms with E-state index < -0.39 is 0 Å². The fraction of sp³-hybridized carbons (Fsp3) is 0.590. The van der Waals surface area contributed by atoms with Crippen LogP contribution in [0.15, 0.2) is 92.3 Å². The van der Waals surface area contributed by atoms with E-state index in [1.165, 1.54) is 57.8 Å². The molecule has 8 rings (SSSR count). The van der Waals surface area contributed by atoms with Crippen LogP contribution in [0.4, 0.5) is 4.39 Å². The Kier molecular flexibility index (Phi) is 6.45. The molecule has 0 aromatic rings. The molecule has 0 amide bonds. The summed E-state index contributed by atoms with van der Waals surface area (Å²) >= 11 is 2.22. The zero-order valence-corrected chi connectivity index (χ0v) is 26.2. The molecule has 5 unspecified atom stereocenters. The molecule has 0 fully saturated rings. The third-order valence-corrected chi connectivity index (χ3v) is 13.8. The Labute approximate surface area is 251 Å². The summed E-state index contributed by atoms with van der Waals surface area (Å²) in [4.78, 5) is 1.68. The minimum Gasteiger partial charge on any atom is -0.212 e. The lowest BCUT2D eigenvalue weighted by molar-refractivity contribution is 0.142. The quantitative estimate of drug-likeness (QED) is 0.327. The van der Waals surface area contributed by atoms with Gasteiger partial charge < -0.3 is 0 Å². The van der Waals surface area contributed by atoms with Crippen molar-refractivity contribution < 1.29 is 4.39 Å². The Balaban J connectivity index is 1.13. The van der Waals surface area contributed by atoms with Gasteiger partial charge in [-0.2, -0.15) is 0 Å². The van der Waals surface area contributed by atoms with Gasteiger partial charge in [-0.3, -0.25) is 0 Å². The standard InChI is InChI=1S/C39H47FS/c1-38(2,3)27-15-13-26(31(20-27)24-9-5-4-6-10-24)22-39-18-17-28(40)21-34(39)32-19-25-14-16-30-29-11-7-8-12-35(29)41-37(30)36(25)33(32)23-39/h4-5,7,9,11,20-21,26-27,30,34,37H,6,8,10,12-19,22-23H2,1-3H3/t26?,27?,30-,34?,37?,39?/m1/s1. The number of rotatable bonds is 3. The van der Waals surface area contributed by atoms with Gasteiger partial charge in [0.2, 0.25) is 0 Å². The van der Waals surface area contributed by atoms with Crippen molar-refractivity contribution in [2.45, 2.75) is 109 Å². The second-order valence-corrected chi connectivity index (χ2v) is 16.8. The summed E-state index contributed by atoms with van der Waals surface area (Å²) < 4.78 is 15.1. The number of hydrogen-bond donors (Lipinski definition) is 0. The molecule has 0 bridgehead atoms. The van der Waals surface area contributed by atoms with Crippen molar-refractivity contribution in [3.05, 3.63) is 92.3 Å². The Morgan fingerprint density at radius 3 is 2.71 bits per heavy atom. The average molecular weight is 567 g/mol. The normalized spacial score (nSPS) is 37.9. The lowest BCUT2D eigenvalue weighted by Gasteiger charge is -2.45. The Bertz CT molecular complexity index is 1410. The molecule has 0 aromatic heterocycles. The highest BCUT2D eigenvalue weighted by atomic mass is 32.2. The van der Waals surface area contributed by atoms with Crippen molar-refractivity contribution in [1.29, 1.82) is 0 Å². The molecular weight excluding hydrogens is 519 g/mol. The van der Waals surface area contributed by atoms with Gasteiger partial charge in [0.25, 0.3) is 0 Å². The molecule has 0 aromatic carbocycles. The summed E-state index contributed by atoms with van der Waals surface area (Å²) in [6.45, 7) is 7.26. The van der Waals surface area contributed by atoms with Crippen LogP contribution < -0.4 is 0 Å². The van der Waals surface area contributed by atoms with Gasteiger partial charge in [0, 0.05) is 17.1 Å². The van der Waals surface area contributed by atoms with Gasteiger partial charge in [0.1, 0.15) is 0 Å². The summed E-state index contributed by atoms with van der Waals surface area (Å²) in [5.41, 5.74) is 12.2. The molecule has 1 aliphatic heterocycles. The van der Waals surface area contributed by atoms with E-state index in [0.717, 1.165) is 19.3 Å². The van der Waals surface area contributed by atoms with Crippen LogP contribution in [0.5, 0.6) is 0 Å². The van der Waals surface area contributed by atoms with E-state index in [4.69, 9.17) is 0 Å². The Morgan fingerprint density at radius 2 is 1.88 bits per heavy atom. The third kappa shape index (κ3) is 4.36. The third-order valence-electron chi connectivity index (χ3n) is 12.3. The van der Waals surface area contributed by atoms with E-state index in [0.29, 0.717) is 40.8 Å². The predicted molar refractivity (Wildman–Crippen MR) is 172 cm³/mol. The van der Waals surface area contributed by atoms with Crippen molar-refractivity contribution in [2.75, 3.05) is 0 Å². The average Bonchev–Trinajstić information content (AvgIpc) is 3.61. The van der Waals surface area contributed by atoms with Gasteiger partial charge in [0.05, 0.1) is 5.83 Å². The zero-order chi connectivity index (χ0) is 27.9. The van der Waals surface area contributed by atoms with Crippen LogP contribution in [-0.4, -0.2) is 5.25 Å².